The fraction of sp³-hybridized carbons (Fsp3) is 0.727. The third-order valence-electron chi connectivity index (χ3n) is 3.10. The van der Waals surface area contributed by atoms with E-state index < -0.39 is 0 Å². The first kappa shape index (κ1) is 10.8. The molecule has 15 heavy (non-hydrogen) atoms. The number of nitrogens with zero attached hydrogens (tertiary/aromatic N) is 3. The Morgan fingerprint density at radius 3 is 2.53 bits per heavy atom. The van der Waals surface area contributed by atoms with Crippen molar-refractivity contribution < 1.29 is 0 Å². The second-order valence-electron chi connectivity index (χ2n) is 4.19. The van der Waals surface area contributed by atoms with Gasteiger partial charge >= 0.3 is 0 Å². The molecule has 0 aliphatic carbocycles. The molecule has 0 spiro atoms. The molecular weight excluding hydrogens is 210 g/mol. The Hall–Kier alpha value is -0.700. The lowest BCUT2D eigenvalue weighted by atomic mass is 10.1. The number of hydrogen-bond donors (Lipinski definition) is 0. The quantitative estimate of drug-likeness (QED) is 0.724. The summed E-state index contributed by atoms with van der Waals surface area (Å²) in [5, 5.41) is 4.45. The van der Waals surface area contributed by atoms with Crippen molar-refractivity contribution in [1.82, 2.24) is 9.78 Å². The zero-order valence-electron chi connectivity index (χ0n) is 9.46. The number of rotatable bonds is 2. The molecule has 0 atom stereocenters. The summed E-state index contributed by atoms with van der Waals surface area (Å²) in [6.07, 6.45) is 3.92. The molecule has 1 aromatic rings. The fourth-order valence-corrected chi connectivity index (χ4v) is 2.66. The summed E-state index contributed by atoms with van der Waals surface area (Å²) in [4.78, 5) is 2.42. The fourth-order valence-electron chi connectivity index (χ4n) is 2.35. The summed E-state index contributed by atoms with van der Waals surface area (Å²) in [6.45, 7) is 4.32. The molecule has 2 heterocycles. The highest BCUT2D eigenvalue weighted by Crippen LogP contribution is 2.27. The molecule has 84 valence electrons. The molecule has 0 saturated carbocycles. The van der Waals surface area contributed by atoms with Crippen LogP contribution in [0.15, 0.2) is 0 Å². The monoisotopic (exact) mass is 227 g/mol. The van der Waals surface area contributed by atoms with Gasteiger partial charge in [-0.1, -0.05) is 0 Å². The second-order valence-corrected chi connectivity index (χ2v) is 4.46. The van der Waals surface area contributed by atoms with E-state index in [1.54, 1.807) is 0 Å². The molecule has 4 heteroatoms. The van der Waals surface area contributed by atoms with Crippen molar-refractivity contribution in [3.05, 3.63) is 11.3 Å². The van der Waals surface area contributed by atoms with Gasteiger partial charge < -0.3 is 4.90 Å². The molecule has 1 aliphatic heterocycles. The summed E-state index contributed by atoms with van der Waals surface area (Å²) >= 11 is 5.99. The van der Waals surface area contributed by atoms with E-state index in [4.69, 9.17) is 11.6 Å². The van der Waals surface area contributed by atoms with Crippen molar-refractivity contribution in [2.45, 2.75) is 32.1 Å². The number of anilines is 1. The Balaban J connectivity index is 2.32. The lowest BCUT2D eigenvalue weighted by Crippen LogP contribution is -2.31. The van der Waals surface area contributed by atoms with Gasteiger partial charge in [0, 0.05) is 25.7 Å². The van der Waals surface area contributed by atoms with E-state index in [2.05, 4.69) is 10.00 Å². The van der Waals surface area contributed by atoms with E-state index in [-0.39, 0.29) is 0 Å². The van der Waals surface area contributed by atoms with Gasteiger partial charge in [-0.2, -0.15) is 5.10 Å². The predicted octanol–water partition coefficient (Wildman–Crippen LogP) is 2.46. The molecule has 0 aromatic carbocycles. The third kappa shape index (κ3) is 1.98. The summed E-state index contributed by atoms with van der Waals surface area (Å²) in [5.41, 5.74) is 2.26. The lowest BCUT2D eigenvalue weighted by molar-refractivity contribution is 0.560. The molecular formula is C11H18ClN3. The summed E-state index contributed by atoms with van der Waals surface area (Å²) in [6, 6.07) is 0. The number of hydrogen-bond acceptors (Lipinski definition) is 2. The van der Waals surface area contributed by atoms with E-state index in [1.807, 2.05) is 18.7 Å². The maximum absolute atomic E-state index is 5.99. The number of alkyl halides is 1. The minimum absolute atomic E-state index is 0.561. The number of piperidine rings is 1. The number of halogens is 1. The summed E-state index contributed by atoms with van der Waals surface area (Å²) < 4.78 is 1.97. The zero-order chi connectivity index (χ0) is 10.8. The highest BCUT2D eigenvalue weighted by atomic mass is 35.5. The number of aromatic nitrogens is 2. The maximum Gasteiger partial charge on any atom is 0.131 e. The van der Waals surface area contributed by atoms with Crippen molar-refractivity contribution in [2.75, 3.05) is 18.0 Å². The largest absolute Gasteiger partial charge is 0.357 e. The van der Waals surface area contributed by atoms with E-state index in [0.717, 1.165) is 18.8 Å². The highest BCUT2D eigenvalue weighted by molar-refractivity contribution is 6.17. The Bertz CT molecular complexity index is 340. The summed E-state index contributed by atoms with van der Waals surface area (Å²) in [5.74, 6) is 1.79. The predicted molar refractivity (Wildman–Crippen MR) is 63.6 cm³/mol. The Morgan fingerprint density at radius 1 is 1.27 bits per heavy atom. The van der Waals surface area contributed by atoms with Gasteiger partial charge in [-0.3, -0.25) is 4.68 Å². The van der Waals surface area contributed by atoms with E-state index in [9.17, 15) is 0 Å². The van der Waals surface area contributed by atoms with Gasteiger partial charge in [-0.05, 0) is 26.2 Å². The van der Waals surface area contributed by atoms with Crippen molar-refractivity contribution in [2.24, 2.45) is 7.05 Å². The van der Waals surface area contributed by atoms with E-state index in [1.165, 1.54) is 30.6 Å². The van der Waals surface area contributed by atoms with Crippen molar-refractivity contribution >= 4 is 17.4 Å². The second kappa shape index (κ2) is 4.44. The van der Waals surface area contributed by atoms with Crippen molar-refractivity contribution in [1.29, 1.82) is 0 Å². The topological polar surface area (TPSA) is 21.1 Å². The van der Waals surface area contributed by atoms with Crippen LogP contribution in [0, 0.1) is 6.92 Å². The van der Waals surface area contributed by atoms with Gasteiger partial charge in [0.1, 0.15) is 5.82 Å². The molecule has 1 aromatic heterocycles. The van der Waals surface area contributed by atoms with Crippen LogP contribution in [0.1, 0.15) is 30.5 Å². The van der Waals surface area contributed by atoms with Gasteiger partial charge in [0.2, 0.25) is 0 Å². The van der Waals surface area contributed by atoms with E-state index >= 15 is 0 Å². The molecule has 1 saturated heterocycles. The average molecular weight is 228 g/mol. The van der Waals surface area contributed by atoms with Crippen LogP contribution < -0.4 is 4.90 Å². The minimum atomic E-state index is 0.561. The third-order valence-corrected chi connectivity index (χ3v) is 3.37. The molecule has 3 nitrogen and oxygen atoms in total. The molecule has 1 fully saturated rings. The Labute approximate surface area is 96.0 Å². The van der Waals surface area contributed by atoms with Crippen LogP contribution in [0.2, 0.25) is 0 Å². The first-order chi connectivity index (χ1) is 7.24. The Kier molecular flexibility index (Phi) is 3.19. The number of aryl methyl sites for hydroxylation is 2. The van der Waals surface area contributed by atoms with Gasteiger partial charge in [-0.25, -0.2) is 0 Å². The van der Waals surface area contributed by atoms with E-state index in [0.29, 0.717) is 5.88 Å². The van der Waals surface area contributed by atoms with Gasteiger partial charge in [0.15, 0.2) is 0 Å². The van der Waals surface area contributed by atoms with Crippen LogP contribution in [-0.2, 0) is 12.9 Å². The molecule has 2 rings (SSSR count). The SMILES string of the molecule is Cc1nn(C)c(N2CCCCC2)c1CCl. The molecule has 0 N–H and O–H groups in total. The first-order valence-electron chi connectivity index (χ1n) is 5.57. The van der Waals surface area contributed by atoms with Crippen LogP contribution >= 0.6 is 11.6 Å². The normalized spacial score (nSPS) is 17.1. The minimum Gasteiger partial charge on any atom is -0.357 e. The lowest BCUT2D eigenvalue weighted by Gasteiger charge is -2.29. The van der Waals surface area contributed by atoms with Crippen LogP contribution in [0.5, 0.6) is 0 Å². The Morgan fingerprint density at radius 2 is 1.93 bits per heavy atom. The van der Waals surface area contributed by atoms with Gasteiger partial charge in [0.05, 0.1) is 11.6 Å². The average Bonchev–Trinajstić information content (AvgIpc) is 2.54. The summed E-state index contributed by atoms with van der Waals surface area (Å²) in [7, 11) is 2.01. The van der Waals surface area contributed by atoms with Crippen LogP contribution in [0.25, 0.3) is 0 Å². The first-order valence-corrected chi connectivity index (χ1v) is 6.11. The molecule has 0 radical (unpaired) electrons. The zero-order valence-corrected chi connectivity index (χ0v) is 10.2. The highest BCUT2D eigenvalue weighted by Gasteiger charge is 2.20. The van der Waals surface area contributed by atoms with Crippen LogP contribution in [-0.4, -0.2) is 22.9 Å². The smallest absolute Gasteiger partial charge is 0.131 e. The molecule has 0 unspecified atom stereocenters. The molecule has 1 aliphatic rings. The van der Waals surface area contributed by atoms with Crippen LogP contribution in [0.4, 0.5) is 5.82 Å². The molecule has 0 amide bonds. The van der Waals surface area contributed by atoms with Crippen molar-refractivity contribution in [3.63, 3.8) is 0 Å². The standard InChI is InChI=1S/C11H18ClN3/c1-9-10(8-12)11(14(2)13-9)15-6-4-3-5-7-15/h3-8H2,1-2H3. The van der Waals surface area contributed by atoms with Crippen molar-refractivity contribution in [3.8, 4) is 0 Å². The van der Waals surface area contributed by atoms with Crippen LogP contribution in [0.3, 0.4) is 0 Å². The molecule has 0 bridgehead atoms. The van der Waals surface area contributed by atoms with Gasteiger partial charge in [-0.15, -0.1) is 11.6 Å². The maximum atomic E-state index is 5.99. The van der Waals surface area contributed by atoms with Gasteiger partial charge in [0.25, 0.3) is 0 Å².